The van der Waals surface area contributed by atoms with Gasteiger partial charge in [-0.1, -0.05) is 25.1 Å². The molecule has 2 aliphatic rings. The quantitative estimate of drug-likeness (QED) is 0.685. The molecule has 1 fully saturated rings. The highest BCUT2D eigenvalue weighted by atomic mass is 16.5. The van der Waals surface area contributed by atoms with Gasteiger partial charge < -0.3 is 25.2 Å². The Kier molecular flexibility index (Phi) is 7.01. The summed E-state index contributed by atoms with van der Waals surface area (Å²) in [5.41, 5.74) is 11.3. The van der Waals surface area contributed by atoms with Gasteiger partial charge in [0.15, 0.2) is 0 Å². The molecule has 2 aromatic carbocycles. The van der Waals surface area contributed by atoms with Gasteiger partial charge in [0.05, 0.1) is 13.2 Å². The number of ether oxygens (including phenoxy) is 1. The van der Waals surface area contributed by atoms with Crippen LogP contribution in [0, 0.1) is 6.92 Å². The topological polar surface area (TPSA) is 62.0 Å². The molecule has 0 saturated carbocycles. The van der Waals surface area contributed by atoms with Crippen LogP contribution >= 0.6 is 0 Å². The molecule has 1 saturated heterocycles. The lowest BCUT2D eigenvalue weighted by Crippen LogP contribution is -2.46. The van der Waals surface area contributed by atoms with Crippen LogP contribution in [0.4, 0.5) is 5.69 Å². The molecule has 172 valence electrons. The number of piperazine rings is 1. The van der Waals surface area contributed by atoms with Crippen molar-refractivity contribution in [1.82, 2.24) is 9.80 Å². The predicted molar refractivity (Wildman–Crippen MR) is 129 cm³/mol. The maximum absolute atomic E-state index is 13.6. The highest BCUT2D eigenvalue weighted by molar-refractivity contribution is 6.00. The van der Waals surface area contributed by atoms with Gasteiger partial charge in [-0.2, -0.15) is 0 Å². The summed E-state index contributed by atoms with van der Waals surface area (Å²) in [7, 11) is 1.69. The smallest absolute Gasteiger partial charge is 0.255 e. The monoisotopic (exact) mass is 436 g/mol. The van der Waals surface area contributed by atoms with Crippen LogP contribution in [-0.2, 0) is 6.54 Å². The van der Waals surface area contributed by atoms with Crippen molar-refractivity contribution in [2.45, 2.75) is 39.3 Å². The van der Waals surface area contributed by atoms with Gasteiger partial charge in [0.25, 0.3) is 5.91 Å². The maximum atomic E-state index is 13.6. The summed E-state index contributed by atoms with van der Waals surface area (Å²) < 4.78 is 5.45. The van der Waals surface area contributed by atoms with E-state index in [1.54, 1.807) is 7.11 Å². The van der Waals surface area contributed by atoms with Crippen molar-refractivity contribution >= 4 is 11.6 Å². The summed E-state index contributed by atoms with van der Waals surface area (Å²) in [5, 5.41) is 0. The van der Waals surface area contributed by atoms with Crippen LogP contribution in [0.25, 0.3) is 0 Å². The van der Waals surface area contributed by atoms with Crippen molar-refractivity contribution in [3.8, 4) is 5.75 Å². The number of likely N-dealkylation sites (N-methyl/N-ethyl adjacent to an activating group) is 1. The Morgan fingerprint density at radius 2 is 1.91 bits per heavy atom. The number of hydrogen-bond acceptors (Lipinski definition) is 5. The summed E-state index contributed by atoms with van der Waals surface area (Å²) in [6.45, 7) is 10.8. The number of hydrogen-bond donors (Lipinski definition) is 1. The Morgan fingerprint density at radius 1 is 1.12 bits per heavy atom. The Balaban J connectivity index is 1.62. The molecule has 1 amide bonds. The van der Waals surface area contributed by atoms with Crippen LogP contribution < -0.4 is 15.4 Å². The van der Waals surface area contributed by atoms with Gasteiger partial charge in [-0.15, -0.1) is 0 Å². The van der Waals surface area contributed by atoms with E-state index in [2.05, 4.69) is 41.8 Å². The molecule has 2 heterocycles. The molecule has 6 nitrogen and oxygen atoms in total. The first kappa shape index (κ1) is 22.6. The molecule has 0 aromatic heterocycles. The number of nitrogens with zero attached hydrogens (tertiary/aromatic N) is 3. The Hall–Kier alpha value is -2.57. The second-order valence-electron chi connectivity index (χ2n) is 8.83. The molecule has 6 heteroatoms. The third kappa shape index (κ3) is 4.34. The van der Waals surface area contributed by atoms with Crippen molar-refractivity contribution in [3.05, 3.63) is 58.7 Å². The second kappa shape index (κ2) is 9.92. The highest BCUT2D eigenvalue weighted by Gasteiger charge is 2.36. The van der Waals surface area contributed by atoms with Gasteiger partial charge in [0, 0.05) is 49.5 Å². The zero-order chi connectivity index (χ0) is 22.7. The number of carbonyl (C=O) groups is 1. The Morgan fingerprint density at radius 3 is 2.56 bits per heavy atom. The fourth-order valence-corrected chi connectivity index (χ4v) is 5.11. The zero-order valence-electron chi connectivity index (χ0n) is 19.6. The average Bonchev–Trinajstić information content (AvgIpc) is 3.16. The van der Waals surface area contributed by atoms with E-state index in [1.807, 2.05) is 23.1 Å². The van der Waals surface area contributed by atoms with Gasteiger partial charge in [0.1, 0.15) is 5.75 Å². The summed E-state index contributed by atoms with van der Waals surface area (Å²) in [4.78, 5) is 20.5. The number of aryl methyl sites for hydroxylation is 1. The second-order valence-corrected chi connectivity index (χ2v) is 8.83. The molecule has 32 heavy (non-hydrogen) atoms. The Bertz CT molecular complexity index is 953. The van der Waals surface area contributed by atoms with E-state index in [-0.39, 0.29) is 11.9 Å². The average molecular weight is 437 g/mol. The van der Waals surface area contributed by atoms with E-state index in [9.17, 15) is 4.79 Å². The number of carbonyl (C=O) groups excluding carboxylic acids is 1. The standard InChI is InChI=1S/C26H36N4O2/c1-4-28-13-15-29(16-14-28)24-8-5-7-21-22(24)18-30(26(21)31)23(9-6-12-27)20-10-11-25(32-3)19(2)17-20/h5,7-8,10-11,17,23H,4,6,9,12-16,18,27H2,1-3H3/t23-/m1/s1. The molecule has 0 spiro atoms. The third-order valence-electron chi connectivity index (χ3n) is 6.99. The number of nitrogens with two attached hydrogens (primary N) is 1. The predicted octanol–water partition coefficient (Wildman–Crippen LogP) is 3.58. The first-order valence-electron chi connectivity index (χ1n) is 11.8. The minimum absolute atomic E-state index is 0.00726. The minimum Gasteiger partial charge on any atom is -0.496 e. The first-order valence-corrected chi connectivity index (χ1v) is 11.8. The van der Waals surface area contributed by atoms with Crippen LogP contribution in [0.1, 0.15) is 52.9 Å². The van der Waals surface area contributed by atoms with Gasteiger partial charge >= 0.3 is 0 Å². The summed E-state index contributed by atoms with van der Waals surface area (Å²) in [5.74, 6) is 1.00. The van der Waals surface area contributed by atoms with Crippen molar-refractivity contribution in [2.24, 2.45) is 5.73 Å². The molecule has 0 radical (unpaired) electrons. The third-order valence-corrected chi connectivity index (χ3v) is 6.99. The van der Waals surface area contributed by atoms with Gasteiger partial charge in [-0.05, 0) is 62.2 Å². The lowest BCUT2D eigenvalue weighted by Gasteiger charge is -2.36. The number of anilines is 1. The molecule has 2 aliphatic heterocycles. The molecule has 2 aromatic rings. The van der Waals surface area contributed by atoms with E-state index < -0.39 is 0 Å². The molecule has 0 aliphatic carbocycles. The number of fused-ring (bicyclic) bond motifs is 1. The molecule has 0 unspecified atom stereocenters. The van der Waals surface area contributed by atoms with E-state index in [0.29, 0.717) is 13.1 Å². The SMILES string of the molecule is CCN1CCN(c2cccc3c2CN([C@H](CCCN)c2ccc(OC)c(C)c2)C3=O)CC1. The summed E-state index contributed by atoms with van der Waals surface area (Å²) in [6.07, 6.45) is 1.73. The van der Waals surface area contributed by atoms with Crippen LogP contribution in [0.5, 0.6) is 5.75 Å². The normalized spacial score (nSPS) is 17.6. The summed E-state index contributed by atoms with van der Waals surface area (Å²) in [6, 6.07) is 12.5. The number of amides is 1. The van der Waals surface area contributed by atoms with Crippen molar-refractivity contribution in [3.63, 3.8) is 0 Å². The number of methoxy groups -OCH3 is 1. The number of benzene rings is 2. The lowest BCUT2D eigenvalue weighted by molar-refractivity contribution is 0.0690. The van der Waals surface area contributed by atoms with E-state index in [4.69, 9.17) is 10.5 Å². The number of rotatable bonds is 8. The Labute approximate surface area is 191 Å². The lowest BCUT2D eigenvalue weighted by atomic mass is 9.98. The molecule has 1 atom stereocenters. The van der Waals surface area contributed by atoms with Crippen molar-refractivity contribution in [1.29, 1.82) is 0 Å². The van der Waals surface area contributed by atoms with Crippen LogP contribution in [0.3, 0.4) is 0 Å². The minimum atomic E-state index is 0.00726. The van der Waals surface area contributed by atoms with Crippen molar-refractivity contribution < 1.29 is 9.53 Å². The highest BCUT2D eigenvalue weighted by Crippen LogP contribution is 2.39. The molecular formula is C26H36N4O2. The van der Waals surface area contributed by atoms with Crippen LogP contribution in [0.2, 0.25) is 0 Å². The van der Waals surface area contributed by atoms with E-state index >= 15 is 0 Å². The molecule has 4 rings (SSSR count). The van der Waals surface area contributed by atoms with E-state index in [1.165, 1.54) is 11.3 Å². The molecule has 0 bridgehead atoms. The first-order chi connectivity index (χ1) is 15.6. The van der Waals surface area contributed by atoms with Gasteiger partial charge in [-0.3, -0.25) is 4.79 Å². The largest absolute Gasteiger partial charge is 0.496 e. The van der Waals surface area contributed by atoms with Crippen LogP contribution in [0.15, 0.2) is 36.4 Å². The van der Waals surface area contributed by atoms with Crippen molar-refractivity contribution in [2.75, 3.05) is 51.3 Å². The van der Waals surface area contributed by atoms with Gasteiger partial charge in [-0.25, -0.2) is 0 Å². The fraction of sp³-hybridized carbons (Fsp3) is 0.500. The maximum Gasteiger partial charge on any atom is 0.255 e. The fourth-order valence-electron chi connectivity index (χ4n) is 5.11. The van der Waals surface area contributed by atoms with Gasteiger partial charge in [0.2, 0.25) is 0 Å². The summed E-state index contributed by atoms with van der Waals surface area (Å²) >= 11 is 0. The zero-order valence-corrected chi connectivity index (χ0v) is 19.6. The van der Waals surface area contributed by atoms with E-state index in [0.717, 1.165) is 68.0 Å². The molecule has 2 N–H and O–H groups in total. The van der Waals surface area contributed by atoms with Crippen LogP contribution in [-0.4, -0.2) is 62.1 Å². The molecular weight excluding hydrogens is 400 g/mol.